The third kappa shape index (κ3) is 6.61. The van der Waals surface area contributed by atoms with Gasteiger partial charge in [-0.3, -0.25) is 0 Å². The first kappa shape index (κ1) is 37.3. The van der Waals surface area contributed by atoms with Gasteiger partial charge in [0.05, 0.1) is 0 Å². The molecule has 0 aliphatic rings. The van der Waals surface area contributed by atoms with Crippen molar-refractivity contribution < 1.29 is 4.42 Å². The average Bonchev–Trinajstić information content (AvgIpc) is 3.75. The number of fused-ring (bicyclic) bond motifs is 6. The Hall–Kier alpha value is -8.46. The highest BCUT2D eigenvalue weighted by molar-refractivity contribution is 6.22. The Morgan fingerprint density at radius 3 is 1.28 bits per heavy atom. The predicted molar refractivity (Wildman–Crippen MR) is 271 cm³/mol. The SMILES string of the molecule is c1ccc(-c2cc(-c3ccccc3)cc(N(c3ccc(-c4ccc5c(c4)c(-c4ccccc4)c(-c4ccccc4)c4ccccc45)cc3)c3ccc4c(c3)oc3ccccc34)c2)cc1. The summed E-state index contributed by atoms with van der Waals surface area (Å²) in [6, 6.07) is 89.7. The van der Waals surface area contributed by atoms with E-state index in [9.17, 15) is 0 Å². The number of anilines is 3. The Labute approximate surface area is 372 Å². The lowest BCUT2D eigenvalue weighted by atomic mass is 9.84. The first-order valence-electron chi connectivity index (χ1n) is 21.9. The van der Waals surface area contributed by atoms with Crippen LogP contribution in [-0.2, 0) is 0 Å². The Kier molecular flexibility index (Phi) is 9.20. The van der Waals surface area contributed by atoms with E-state index < -0.39 is 0 Å². The summed E-state index contributed by atoms with van der Waals surface area (Å²) in [5.74, 6) is 0. The van der Waals surface area contributed by atoms with Gasteiger partial charge in [0.1, 0.15) is 11.2 Å². The molecular weight excluding hydrogens is 775 g/mol. The number of benzene rings is 11. The molecular formula is C62H41NO. The van der Waals surface area contributed by atoms with E-state index in [0.29, 0.717) is 0 Å². The predicted octanol–water partition coefficient (Wildman–Crippen LogP) is 17.7. The Morgan fingerprint density at radius 1 is 0.219 bits per heavy atom. The fourth-order valence-electron chi connectivity index (χ4n) is 9.62. The maximum atomic E-state index is 6.49. The van der Waals surface area contributed by atoms with E-state index >= 15 is 0 Å². The van der Waals surface area contributed by atoms with E-state index in [1.54, 1.807) is 0 Å². The quantitative estimate of drug-likeness (QED) is 0.142. The summed E-state index contributed by atoms with van der Waals surface area (Å²) in [6.45, 7) is 0. The van der Waals surface area contributed by atoms with Gasteiger partial charge < -0.3 is 9.32 Å². The van der Waals surface area contributed by atoms with Crippen LogP contribution in [0, 0.1) is 0 Å². The van der Waals surface area contributed by atoms with E-state index in [1.807, 2.05) is 12.1 Å². The molecule has 0 radical (unpaired) electrons. The Balaban J connectivity index is 1.04. The molecule has 0 amide bonds. The summed E-state index contributed by atoms with van der Waals surface area (Å²) in [7, 11) is 0. The molecule has 0 fully saturated rings. The summed E-state index contributed by atoms with van der Waals surface area (Å²) in [6.07, 6.45) is 0. The minimum Gasteiger partial charge on any atom is -0.456 e. The van der Waals surface area contributed by atoms with Crippen LogP contribution in [0.4, 0.5) is 17.1 Å². The Morgan fingerprint density at radius 2 is 0.656 bits per heavy atom. The molecule has 300 valence electrons. The molecule has 1 heterocycles. The highest BCUT2D eigenvalue weighted by Crippen LogP contribution is 2.46. The third-order valence-electron chi connectivity index (χ3n) is 12.6. The van der Waals surface area contributed by atoms with Crippen molar-refractivity contribution >= 4 is 60.5 Å². The molecule has 0 saturated heterocycles. The largest absolute Gasteiger partial charge is 0.456 e. The van der Waals surface area contributed by atoms with Gasteiger partial charge in [-0.05, 0) is 132 Å². The van der Waals surface area contributed by atoms with Crippen molar-refractivity contribution in [2.24, 2.45) is 0 Å². The maximum absolute atomic E-state index is 6.49. The van der Waals surface area contributed by atoms with Crippen molar-refractivity contribution in [2.75, 3.05) is 4.90 Å². The fourth-order valence-corrected chi connectivity index (χ4v) is 9.62. The molecule has 0 saturated carbocycles. The molecule has 0 aliphatic carbocycles. The zero-order valence-corrected chi connectivity index (χ0v) is 35.0. The van der Waals surface area contributed by atoms with Gasteiger partial charge in [-0.15, -0.1) is 0 Å². The van der Waals surface area contributed by atoms with Gasteiger partial charge in [-0.25, -0.2) is 0 Å². The van der Waals surface area contributed by atoms with Gasteiger partial charge in [0.25, 0.3) is 0 Å². The van der Waals surface area contributed by atoms with Gasteiger partial charge in [0.2, 0.25) is 0 Å². The molecule has 0 unspecified atom stereocenters. The molecule has 11 aromatic carbocycles. The van der Waals surface area contributed by atoms with Gasteiger partial charge in [0.15, 0.2) is 0 Å². The van der Waals surface area contributed by atoms with Crippen LogP contribution in [-0.4, -0.2) is 0 Å². The van der Waals surface area contributed by atoms with E-state index in [2.05, 4.69) is 241 Å². The van der Waals surface area contributed by atoms with Crippen molar-refractivity contribution in [1.82, 2.24) is 0 Å². The zero-order valence-electron chi connectivity index (χ0n) is 35.0. The minimum atomic E-state index is 0.857. The van der Waals surface area contributed by atoms with Crippen molar-refractivity contribution in [3.8, 4) is 55.6 Å². The second-order valence-electron chi connectivity index (χ2n) is 16.4. The number of rotatable bonds is 8. The van der Waals surface area contributed by atoms with Gasteiger partial charge in [0, 0.05) is 33.9 Å². The van der Waals surface area contributed by atoms with Crippen molar-refractivity contribution in [3.05, 3.63) is 249 Å². The van der Waals surface area contributed by atoms with Gasteiger partial charge in [-0.2, -0.15) is 0 Å². The number of nitrogens with zero attached hydrogens (tertiary/aromatic N) is 1. The van der Waals surface area contributed by atoms with Crippen LogP contribution >= 0.6 is 0 Å². The second-order valence-corrected chi connectivity index (χ2v) is 16.4. The van der Waals surface area contributed by atoms with Crippen molar-refractivity contribution in [3.63, 3.8) is 0 Å². The molecule has 0 N–H and O–H groups in total. The molecule has 64 heavy (non-hydrogen) atoms. The van der Waals surface area contributed by atoms with E-state index in [1.165, 1.54) is 60.5 Å². The molecule has 0 bridgehead atoms. The van der Waals surface area contributed by atoms with E-state index in [-0.39, 0.29) is 0 Å². The van der Waals surface area contributed by atoms with Gasteiger partial charge in [-0.1, -0.05) is 188 Å². The smallest absolute Gasteiger partial charge is 0.137 e. The van der Waals surface area contributed by atoms with Crippen LogP contribution in [0.25, 0.3) is 99.1 Å². The van der Waals surface area contributed by atoms with Crippen LogP contribution in [0.15, 0.2) is 253 Å². The summed E-state index contributed by atoms with van der Waals surface area (Å²) in [5.41, 5.74) is 16.7. The minimum absolute atomic E-state index is 0.857. The molecule has 0 aliphatic heterocycles. The molecule has 2 nitrogen and oxygen atoms in total. The zero-order chi connectivity index (χ0) is 42.4. The van der Waals surface area contributed by atoms with Crippen molar-refractivity contribution in [1.29, 1.82) is 0 Å². The fraction of sp³-hybridized carbons (Fsp3) is 0. The molecule has 0 spiro atoms. The van der Waals surface area contributed by atoms with Crippen LogP contribution < -0.4 is 4.90 Å². The topological polar surface area (TPSA) is 16.4 Å². The first-order valence-corrected chi connectivity index (χ1v) is 21.9. The standard InChI is InChI=1S/C62H41NO/c1-5-17-42(18-6-1)48-37-49(43-19-7-2-8-20-43)39-52(38-48)63(51-34-36-56-55-26-15-16-28-59(55)64-60(56)41-51)50-32-29-44(30-33-50)47-31-35-54-53-25-13-14-27-57(53)61(45-21-9-3-10-22-45)62(58(54)40-47)46-23-11-4-12-24-46/h1-41H. The summed E-state index contributed by atoms with van der Waals surface area (Å²) in [4.78, 5) is 2.36. The summed E-state index contributed by atoms with van der Waals surface area (Å²) in [5, 5.41) is 7.21. The van der Waals surface area contributed by atoms with Crippen LogP contribution in [0.2, 0.25) is 0 Å². The number of hydrogen-bond donors (Lipinski definition) is 0. The average molecular weight is 816 g/mol. The monoisotopic (exact) mass is 815 g/mol. The van der Waals surface area contributed by atoms with Crippen LogP contribution in [0.5, 0.6) is 0 Å². The molecule has 0 atom stereocenters. The first-order chi connectivity index (χ1) is 31.7. The number of hydrogen-bond acceptors (Lipinski definition) is 2. The third-order valence-corrected chi connectivity index (χ3v) is 12.6. The van der Waals surface area contributed by atoms with Crippen molar-refractivity contribution in [2.45, 2.75) is 0 Å². The van der Waals surface area contributed by atoms with E-state index in [4.69, 9.17) is 4.42 Å². The van der Waals surface area contributed by atoms with Crippen LogP contribution in [0.1, 0.15) is 0 Å². The highest BCUT2D eigenvalue weighted by Gasteiger charge is 2.20. The lowest BCUT2D eigenvalue weighted by molar-refractivity contribution is 0.669. The number of furan rings is 1. The number of para-hydroxylation sites is 1. The molecule has 12 aromatic rings. The van der Waals surface area contributed by atoms with E-state index in [0.717, 1.165) is 55.7 Å². The highest BCUT2D eigenvalue weighted by atomic mass is 16.3. The summed E-state index contributed by atoms with van der Waals surface area (Å²) >= 11 is 0. The molecule has 2 heteroatoms. The lowest BCUT2D eigenvalue weighted by Gasteiger charge is -2.27. The normalized spacial score (nSPS) is 11.4. The lowest BCUT2D eigenvalue weighted by Crippen LogP contribution is -2.10. The molecule has 12 rings (SSSR count). The molecule has 1 aromatic heterocycles. The maximum Gasteiger partial charge on any atom is 0.137 e. The van der Waals surface area contributed by atoms with Gasteiger partial charge >= 0.3 is 0 Å². The second kappa shape index (κ2) is 15.8. The summed E-state index contributed by atoms with van der Waals surface area (Å²) < 4.78 is 6.49. The Bertz CT molecular complexity index is 3570. The van der Waals surface area contributed by atoms with Crippen LogP contribution in [0.3, 0.4) is 0 Å².